The van der Waals surface area contributed by atoms with E-state index < -0.39 is 0 Å². The highest BCUT2D eigenvalue weighted by Gasteiger charge is 2.12. The summed E-state index contributed by atoms with van der Waals surface area (Å²) >= 11 is 0. The predicted octanol–water partition coefficient (Wildman–Crippen LogP) is 3.09. The lowest BCUT2D eigenvalue weighted by molar-refractivity contribution is -0.118. The first kappa shape index (κ1) is 14.8. The van der Waals surface area contributed by atoms with E-state index in [2.05, 4.69) is 6.92 Å². The van der Waals surface area contributed by atoms with Gasteiger partial charge in [-0.3, -0.25) is 4.79 Å². The van der Waals surface area contributed by atoms with E-state index >= 15 is 0 Å². The van der Waals surface area contributed by atoms with Crippen LogP contribution < -0.4 is 5.73 Å². The van der Waals surface area contributed by atoms with Crippen molar-refractivity contribution in [2.24, 2.45) is 11.7 Å². The van der Waals surface area contributed by atoms with E-state index in [0.717, 1.165) is 31.2 Å². The Bertz CT molecular complexity index is 392. The van der Waals surface area contributed by atoms with Crippen LogP contribution in [0.1, 0.15) is 38.7 Å². The molecule has 0 aliphatic rings. The van der Waals surface area contributed by atoms with E-state index in [9.17, 15) is 9.18 Å². The fraction of sp³-hybridized carbons (Fsp3) is 0.533. The van der Waals surface area contributed by atoms with Gasteiger partial charge in [0.15, 0.2) is 0 Å². The standard InChI is InChI=1S/C15H22FNO/c1-11(9-15(17)12(2)18)5-3-6-13-7-4-8-14(16)10-13/h4,7-8,10-11,15H,3,5-6,9,17H2,1-2H3/t11-,15-/m0/s1. The summed E-state index contributed by atoms with van der Waals surface area (Å²) in [6.45, 7) is 3.64. The van der Waals surface area contributed by atoms with Crippen LogP contribution in [-0.2, 0) is 11.2 Å². The van der Waals surface area contributed by atoms with Crippen LogP contribution in [0, 0.1) is 11.7 Å². The summed E-state index contributed by atoms with van der Waals surface area (Å²) in [4.78, 5) is 11.0. The number of carbonyl (C=O) groups is 1. The summed E-state index contributed by atoms with van der Waals surface area (Å²) in [5, 5.41) is 0. The second kappa shape index (κ2) is 7.27. The summed E-state index contributed by atoms with van der Waals surface area (Å²) in [6.07, 6.45) is 3.61. The van der Waals surface area contributed by atoms with E-state index in [1.165, 1.54) is 13.0 Å². The third kappa shape index (κ3) is 5.41. The molecule has 0 aromatic heterocycles. The molecule has 0 saturated heterocycles. The minimum Gasteiger partial charge on any atom is -0.322 e. The number of halogens is 1. The second-order valence-electron chi connectivity index (χ2n) is 5.08. The highest BCUT2D eigenvalue weighted by atomic mass is 19.1. The van der Waals surface area contributed by atoms with Crippen LogP contribution in [0.15, 0.2) is 24.3 Å². The molecule has 0 unspecified atom stereocenters. The molecule has 0 amide bonds. The number of nitrogens with two attached hydrogens (primary N) is 1. The van der Waals surface area contributed by atoms with Crippen molar-refractivity contribution in [3.8, 4) is 0 Å². The van der Waals surface area contributed by atoms with Gasteiger partial charge in [-0.05, 0) is 49.8 Å². The molecule has 0 aliphatic carbocycles. The van der Waals surface area contributed by atoms with Crippen molar-refractivity contribution in [1.29, 1.82) is 0 Å². The molecule has 0 bridgehead atoms. The number of hydrogen-bond acceptors (Lipinski definition) is 2. The predicted molar refractivity (Wildman–Crippen MR) is 71.8 cm³/mol. The Kier molecular flexibility index (Phi) is 5.99. The molecule has 0 aliphatic heterocycles. The van der Waals surface area contributed by atoms with Gasteiger partial charge in [0.05, 0.1) is 6.04 Å². The van der Waals surface area contributed by atoms with Crippen LogP contribution in [0.5, 0.6) is 0 Å². The van der Waals surface area contributed by atoms with E-state index in [1.54, 1.807) is 12.1 Å². The Morgan fingerprint density at radius 1 is 1.44 bits per heavy atom. The normalized spacial score (nSPS) is 14.2. The highest BCUT2D eigenvalue weighted by Crippen LogP contribution is 2.15. The van der Waals surface area contributed by atoms with Gasteiger partial charge in [-0.1, -0.05) is 25.5 Å². The summed E-state index contributed by atoms with van der Waals surface area (Å²) in [5.74, 6) is 0.295. The van der Waals surface area contributed by atoms with Crippen molar-refractivity contribution in [3.05, 3.63) is 35.6 Å². The number of carbonyl (C=O) groups excluding carboxylic acids is 1. The summed E-state index contributed by atoms with van der Waals surface area (Å²) in [5.41, 5.74) is 6.75. The average molecular weight is 251 g/mol. The molecule has 1 aromatic carbocycles. The Hall–Kier alpha value is -1.22. The lowest BCUT2D eigenvalue weighted by atomic mass is 9.94. The van der Waals surface area contributed by atoms with Crippen molar-refractivity contribution >= 4 is 5.78 Å². The zero-order valence-corrected chi connectivity index (χ0v) is 11.2. The lowest BCUT2D eigenvalue weighted by Gasteiger charge is -2.14. The Morgan fingerprint density at radius 2 is 2.17 bits per heavy atom. The molecule has 3 heteroatoms. The summed E-state index contributed by atoms with van der Waals surface area (Å²) in [7, 11) is 0. The van der Waals surface area contributed by atoms with Gasteiger partial charge in [-0.25, -0.2) is 4.39 Å². The molecule has 0 fully saturated rings. The van der Waals surface area contributed by atoms with E-state index in [1.807, 2.05) is 6.07 Å². The van der Waals surface area contributed by atoms with Crippen molar-refractivity contribution in [2.45, 2.75) is 45.6 Å². The Morgan fingerprint density at radius 3 is 2.78 bits per heavy atom. The topological polar surface area (TPSA) is 43.1 Å². The minimum absolute atomic E-state index is 0.0481. The molecule has 1 aromatic rings. The number of aryl methyl sites for hydroxylation is 1. The molecular formula is C15H22FNO. The monoisotopic (exact) mass is 251 g/mol. The first-order valence-corrected chi connectivity index (χ1v) is 6.49. The number of ketones is 1. The van der Waals surface area contributed by atoms with Crippen LogP contribution in [0.3, 0.4) is 0 Å². The molecule has 0 radical (unpaired) electrons. The molecular weight excluding hydrogens is 229 g/mol. The quantitative estimate of drug-likeness (QED) is 0.809. The SMILES string of the molecule is CC(=O)[C@@H](N)C[C@@H](C)CCCc1cccc(F)c1. The Labute approximate surface area is 108 Å². The van der Waals surface area contributed by atoms with Crippen molar-refractivity contribution in [3.63, 3.8) is 0 Å². The average Bonchev–Trinajstić information content (AvgIpc) is 2.28. The van der Waals surface area contributed by atoms with Gasteiger partial charge < -0.3 is 5.73 Å². The molecule has 0 spiro atoms. The Balaban J connectivity index is 2.27. The van der Waals surface area contributed by atoms with Gasteiger partial charge >= 0.3 is 0 Å². The van der Waals surface area contributed by atoms with Gasteiger partial charge in [0.25, 0.3) is 0 Å². The minimum atomic E-state index is -0.339. The molecule has 100 valence electrons. The van der Waals surface area contributed by atoms with Gasteiger partial charge in [-0.15, -0.1) is 0 Å². The fourth-order valence-corrected chi connectivity index (χ4v) is 2.06. The summed E-state index contributed by atoms with van der Waals surface area (Å²) < 4.78 is 13.0. The molecule has 2 nitrogen and oxygen atoms in total. The van der Waals surface area contributed by atoms with Gasteiger partial charge in [0.2, 0.25) is 0 Å². The number of Topliss-reactive ketones (excluding diaryl/α,β-unsaturated/α-hetero) is 1. The van der Waals surface area contributed by atoms with Crippen LogP contribution in [0.2, 0.25) is 0 Å². The van der Waals surface area contributed by atoms with Crippen molar-refractivity contribution in [2.75, 3.05) is 0 Å². The maximum atomic E-state index is 13.0. The first-order chi connectivity index (χ1) is 8.49. The summed E-state index contributed by atoms with van der Waals surface area (Å²) in [6, 6.07) is 6.37. The van der Waals surface area contributed by atoms with E-state index in [0.29, 0.717) is 5.92 Å². The largest absolute Gasteiger partial charge is 0.322 e. The number of hydrogen-bond donors (Lipinski definition) is 1. The van der Waals surface area contributed by atoms with Gasteiger partial charge in [-0.2, -0.15) is 0 Å². The smallest absolute Gasteiger partial charge is 0.146 e. The molecule has 18 heavy (non-hydrogen) atoms. The third-order valence-corrected chi connectivity index (χ3v) is 3.23. The molecule has 0 heterocycles. The van der Waals surface area contributed by atoms with Crippen LogP contribution >= 0.6 is 0 Å². The zero-order valence-electron chi connectivity index (χ0n) is 11.2. The molecule has 1 rings (SSSR count). The van der Waals surface area contributed by atoms with Gasteiger partial charge in [0, 0.05) is 0 Å². The van der Waals surface area contributed by atoms with E-state index in [-0.39, 0.29) is 17.6 Å². The fourth-order valence-electron chi connectivity index (χ4n) is 2.06. The number of benzene rings is 1. The number of rotatable bonds is 7. The molecule has 2 N–H and O–H groups in total. The third-order valence-electron chi connectivity index (χ3n) is 3.23. The van der Waals surface area contributed by atoms with Crippen molar-refractivity contribution in [1.82, 2.24) is 0 Å². The van der Waals surface area contributed by atoms with Gasteiger partial charge in [0.1, 0.15) is 11.6 Å². The molecule has 2 atom stereocenters. The highest BCUT2D eigenvalue weighted by molar-refractivity contribution is 5.81. The van der Waals surface area contributed by atoms with Crippen LogP contribution in [0.25, 0.3) is 0 Å². The zero-order chi connectivity index (χ0) is 13.5. The second-order valence-corrected chi connectivity index (χ2v) is 5.08. The first-order valence-electron chi connectivity index (χ1n) is 6.49. The van der Waals surface area contributed by atoms with Crippen LogP contribution in [-0.4, -0.2) is 11.8 Å². The maximum Gasteiger partial charge on any atom is 0.146 e. The van der Waals surface area contributed by atoms with Crippen LogP contribution in [0.4, 0.5) is 4.39 Å². The van der Waals surface area contributed by atoms with E-state index in [4.69, 9.17) is 5.73 Å². The maximum absolute atomic E-state index is 13.0. The lowest BCUT2D eigenvalue weighted by Crippen LogP contribution is -2.30. The van der Waals surface area contributed by atoms with Crippen molar-refractivity contribution < 1.29 is 9.18 Å². The molecule has 0 saturated carbocycles.